The third kappa shape index (κ3) is 6.41. The normalized spacial score (nSPS) is 11.6. The van der Waals surface area contributed by atoms with E-state index in [1.807, 2.05) is 38.1 Å². The van der Waals surface area contributed by atoms with E-state index >= 15 is 0 Å². The van der Waals surface area contributed by atoms with Crippen molar-refractivity contribution in [1.29, 1.82) is 0 Å². The van der Waals surface area contributed by atoms with Gasteiger partial charge in [-0.2, -0.15) is 0 Å². The minimum absolute atomic E-state index is 0.0404. The Kier molecular flexibility index (Phi) is 8.28. The Morgan fingerprint density at radius 1 is 0.794 bits per heavy atom. The topological polar surface area (TPSA) is 47.9 Å². The van der Waals surface area contributed by atoms with Crippen LogP contribution in [0.4, 0.5) is 0 Å². The molecule has 0 amide bonds. The Bertz CT molecular complexity index is 1210. The minimum atomic E-state index is 0.0404. The lowest BCUT2D eigenvalue weighted by Crippen LogP contribution is -2.09. The quantitative estimate of drug-likeness (QED) is 0.207. The van der Waals surface area contributed by atoms with Gasteiger partial charge >= 0.3 is 0 Å². The molecule has 0 spiro atoms. The highest BCUT2D eigenvalue weighted by atomic mass is 32.1. The van der Waals surface area contributed by atoms with Crippen LogP contribution in [0.5, 0.6) is 5.88 Å². The summed E-state index contributed by atoms with van der Waals surface area (Å²) in [5, 5.41) is 3.49. The molecule has 2 heterocycles. The standard InChI is InChI=1S/C29H35N3OS/c1-20(2)29-30-24(19-34-29)15-8-6-5-7-12-22-13-11-14-23(18-22)27-28(33-21(3)4)32-26-17-10-9-16-25(26)31-27/h9-11,13-14,16-21H,5-8,12,15H2,1-4H3. The highest BCUT2D eigenvalue weighted by molar-refractivity contribution is 7.09. The number of aryl methyl sites for hydroxylation is 2. The first-order valence-corrected chi connectivity index (χ1v) is 13.3. The molecule has 0 unspecified atom stereocenters. The summed E-state index contributed by atoms with van der Waals surface area (Å²) in [6.07, 6.45) is 7.10. The number of nitrogens with zero attached hydrogens (tertiary/aromatic N) is 3. The van der Waals surface area contributed by atoms with Gasteiger partial charge in [-0.3, -0.25) is 0 Å². The molecular formula is C29H35N3OS. The Hall–Kier alpha value is -2.79. The van der Waals surface area contributed by atoms with Crippen LogP contribution >= 0.6 is 11.3 Å². The summed E-state index contributed by atoms with van der Waals surface area (Å²) < 4.78 is 6.05. The molecule has 0 bridgehead atoms. The molecule has 0 aliphatic carbocycles. The summed E-state index contributed by atoms with van der Waals surface area (Å²) in [5.74, 6) is 1.14. The Morgan fingerprint density at radius 3 is 2.24 bits per heavy atom. The van der Waals surface area contributed by atoms with Gasteiger partial charge < -0.3 is 4.74 Å². The molecule has 0 aliphatic heterocycles. The van der Waals surface area contributed by atoms with E-state index in [9.17, 15) is 0 Å². The number of aromatic nitrogens is 3. The molecule has 0 N–H and O–H groups in total. The molecule has 2 aromatic heterocycles. The Balaban J connectivity index is 1.36. The van der Waals surface area contributed by atoms with E-state index in [1.165, 1.54) is 41.9 Å². The van der Waals surface area contributed by atoms with Gasteiger partial charge in [-0.25, -0.2) is 15.0 Å². The molecule has 0 aliphatic rings. The van der Waals surface area contributed by atoms with E-state index in [0.29, 0.717) is 11.8 Å². The van der Waals surface area contributed by atoms with Crippen molar-refractivity contribution in [2.45, 2.75) is 78.2 Å². The predicted molar refractivity (Wildman–Crippen MR) is 143 cm³/mol. The molecule has 4 rings (SSSR count). The predicted octanol–water partition coefficient (Wildman–Crippen LogP) is 8.01. The van der Waals surface area contributed by atoms with Gasteiger partial charge in [0.2, 0.25) is 5.88 Å². The van der Waals surface area contributed by atoms with Crippen LogP contribution in [-0.4, -0.2) is 21.1 Å². The molecule has 0 fully saturated rings. The molecule has 4 nitrogen and oxygen atoms in total. The monoisotopic (exact) mass is 473 g/mol. The number of hydrogen-bond donors (Lipinski definition) is 0. The number of rotatable bonds is 11. The van der Waals surface area contributed by atoms with Crippen LogP contribution in [0.2, 0.25) is 0 Å². The molecule has 0 radical (unpaired) electrons. The van der Waals surface area contributed by atoms with Gasteiger partial charge in [0.05, 0.1) is 27.8 Å². The van der Waals surface area contributed by atoms with Crippen molar-refractivity contribution >= 4 is 22.4 Å². The average molecular weight is 474 g/mol. The Labute approximate surface area is 207 Å². The van der Waals surface area contributed by atoms with Crippen molar-refractivity contribution in [2.24, 2.45) is 0 Å². The molecule has 34 heavy (non-hydrogen) atoms. The van der Waals surface area contributed by atoms with Gasteiger partial charge in [-0.1, -0.05) is 57.0 Å². The first-order valence-electron chi connectivity index (χ1n) is 12.5. The number of hydrogen-bond acceptors (Lipinski definition) is 5. The summed E-state index contributed by atoms with van der Waals surface area (Å²) >= 11 is 1.80. The molecule has 2 aromatic carbocycles. The first kappa shape index (κ1) is 24.3. The van der Waals surface area contributed by atoms with Crippen LogP contribution < -0.4 is 4.74 Å². The number of para-hydroxylation sites is 2. The zero-order chi connectivity index (χ0) is 23.9. The Morgan fingerprint density at radius 2 is 1.53 bits per heavy atom. The van der Waals surface area contributed by atoms with Crippen LogP contribution in [-0.2, 0) is 12.8 Å². The van der Waals surface area contributed by atoms with Crippen molar-refractivity contribution in [3.8, 4) is 17.1 Å². The minimum Gasteiger partial charge on any atom is -0.473 e. The van der Waals surface area contributed by atoms with Crippen molar-refractivity contribution in [1.82, 2.24) is 15.0 Å². The second-order valence-electron chi connectivity index (χ2n) is 9.48. The maximum absolute atomic E-state index is 6.05. The summed E-state index contributed by atoms with van der Waals surface area (Å²) in [4.78, 5) is 14.4. The fourth-order valence-electron chi connectivity index (χ4n) is 4.04. The van der Waals surface area contributed by atoms with E-state index in [1.54, 1.807) is 11.3 Å². The van der Waals surface area contributed by atoms with E-state index in [-0.39, 0.29) is 6.10 Å². The zero-order valence-corrected chi connectivity index (χ0v) is 21.6. The van der Waals surface area contributed by atoms with Gasteiger partial charge in [0.15, 0.2) is 0 Å². The summed E-state index contributed by atoms with van der Waals surface area (Å²) in [5.41, 5.74) is 6.23. The maximum atomic E-state index is 6.05. The second-order valence-corrected chi connectivity index (χ2v) is 10.4. The van der Waals surface area contributed by atoms with Crippen molar-refractivity contribution in [3.05, 3.63) is 70.2 Å². The number of thiazole rings is 1. The van der Waals surface area contributed by atoms with E-state index < -0.39 is 0 Å². The maximum Gasteiger partial charge on any atom is 0.241 e. The van der Waals surface area contributed by atoms with Gasteiger partial charge in [-0.05, 0) is 63.3 Å². The van der Waals surface area contributed by atoms with Crippen molar-refractivity contribution < 1.29 is 4.74 Å². The zero-order valence-electron chi connectivity index (χ0n) is 20.8. The highest BCUT2D eigenvalue weighted by Gasteiger charge is 2.14. The fraction of sp³-hybridized carbons (Fsp3) is 0.414. The molecule has 0 atom stereocenters. The number of fused-ring (bicyclic) bond motifs is 1. The molecule has 178 valence electrons. The smallest absolute Gasteiger partial charge is 0.241 e. The van der Waals surface area contributed by atoms with Crippen LogP contribution in [0.25, 0.3) is 22.3 Å². The van der Waals surface area contributed by atoms with E-state index in [4.69, 9.17) is 19.7 Å². The first-order chi connectivity index (χ1) is 16.5. The molecule has 4 aromatic rings. The number of unbranched alkanes of at least 4 members (excludes halogenated alkanes) is 3. The van der Waals surface area contributed by atoms with Crippen molar-refractivity contribution in [2.75, 3.05) is 0 Å². The molecule has 0 saturated heterocycles. The van der Waals surface area contributed by atoms with E-state index in [2.05, 4.69) is 43.5 Å². The second kappa shape index (κ2) is 11.6. The lowest BCUT2D eigenvalue weighted by molar-refractivity contribution is 0.234. The largest absolute Gasteiger partial charge is 0.473 e. The van der Waals surface area contributed by atoms with Crippen LogP contribution in [0.1, 0.15) is 75.6 Å². The number of benzene rings is 2. The molecular weight excluding hydrogens is 438 g/mol. The molecule has 5 heteroatoms. The summed E-state index contributed by atoms with van der Waals surface area (Å²) in [6.45, 7) is 8.47. The van der Waals surface area contributed by atoms with Gasteiger partial charge in [0, 0.05) is 16.9 Å². The van der Waals surface area contributed by atoms with Crippen molar-refractivity contribution in [3.63, 3.8) is 0 Å². The van der Waals surface area contributed by atoms with Crippen LogP contribution in [0.15, 0.2) is 53.9 Å². The molecule has 0 saturated carbocycles. The third-order valence-corrected chi connectivity index (χ3v) is 6.99. The lowest BCUT2D eigenvalue weighted by Gasteiger charge is -2.14. The van der Waals surface area contributed by atoms with Gasteiger partial charge in [-0.15, -0.1) is 11.3 Å². The summed E-state index contributed by atoms with van der Waals surface area (Å²) in [7, 11) is 0. The SMILES string of the molecule is CC(C)Oc1nc2ccccc2nc1-c1cccc(CCCCCCc2csc(C(C)C)n2)c1. The third-order valence-electron chi connectivity index (χ3n) is 5.80. The van der Waals surface area contributed by atoms with Gasteiger partial charge in [0.25, 0.3) is 0 Å². The summed E-state index contributed by atoms with van der Waals surface area (Å²) in [6, 6.07) is 16.6. The fourth-order valence-corrected chi connectivity index (χ4v) is 4.91. The number of ether oxygens (including phenoxy) is 1. The highest BCUT2D eigenvalue weighted by Crippen LogP contribution is 2.30. The lowest BCUT2D eigenvalue weighted by atomic mass is 10.0. The van der Waals surface area contributed by atoms with E-state index in [0.717, 1.165) is 35.1 Å². The average Bonchev–Trinajstić information content (AvgIpc) is 3.30. The van der Waals surface area contributed by atoms with Crippen LogP contribution in [0, 0.1) is 0 Å². The van der Waals surface area contributed by atoms with Gasteiger partial charge in [0.1, 0.15) is 5.69 Å². The van der Waals surface area contributed by atoms with Crippen LogP contribution in [0.3, 0.4) is 0 Å².